The van der Waals surface area contributed by atoms with Gasteiger partial charge in [-0.25, -0.2) is 0 Å². The predicted molar refractivity (Wildman–Crippen MR) is 70.9 cm³/mol. The third-order valence-corrected chi connectivity index (χ3v) is 3.03. The molecule has 2 nitrogen and oxygen atoms in total. The van der Waals surface area contributed by atoms with E-state index in [9.17, 15) is 0 Å². The average molecular weight is 220 g/mol. The van der Waals surface area contributed by atoms with E-state index in [0.717, 1.165) is 6.42 Å². The summed E-state index contributed by atoms with van der Waals surface area (Å²) in [6, 6.07) is 0.429. The molecule has 16 heavy (non-hydrogen) atoms. The van der Waals surface area contributed by atoms with Gasteiger partial charge in [0.1, 0.15) is 0 Å². The summed E-state index contributed by atoms with van der Waals surface area (Å²) in [5.41, 5.74) is 4.21. The van der Waals surface area contributed by atoms with Crippen LogP contribution in [0.1, 0.15) is 52.9 Å². The van der Waals surface area contributed by atoms with Crippen LogP contribution in [0.3, 0.4) is 0 Å². The smallest absolute Gasteiger partial charge is 0.0389 e. The molecular weight excluding hydrogens is 196 g/mol. The molecule has 0 atom stereocenters. The van der Waals surface area contributed by atoms with E-state index in [0.29, 0.717) is 6.04 Å². The summed E-state index contributed by atoms with van der Waals surface area (Å²) in [5.74, 6) is 0. The fourth-order valence-electron chi connectivity index (χ4n) is 2.31. The van der Waals surface area contributed by atoms with Crippen molar-refractivity contribution in [3.05, 3.63) is 22.9 Å². The lowest BCUT2D eigenvalue weighted by molar-refractivity contribution is 0.621. The van der Waals surface area contributed by atoms with Crippen LogP contribution in [0.4, 0.5) is 0 Å². The van der Waals surface area contributed by atoms with Crippen LogP contribution < -0.4 is 5.32 Å². The van der Waals surface area contributed by atoms with Crippen molar-refractivity contribution in [3.8, 4) is 0 Å². The molecule has 0 spiro atoms. The Balaban J connectivity index is 2.95. The highest BCUT2D eigenvalue weighted by molar-refractivity contribution is 5.70. The quantitative estimate of drug-likeness (QED) is 0.679. The maximum absolute atomic E-state index is 7.25. The van der Waals surface area contributed by atoms with Gasteiger partial charge in [-0.1, -0.05) is 12.5 Å². The summed E-state index contributed by atoms with van der Waals surface area (Å²) >= 11 is 0. The van der Waals surface area contributed by atoms with Crippen LogP contribution in [-0.2, 0) is 0 Å². The van der Waals surface area contributed by atoms with E-state index in [1.807, 2.05) is 6.08 Å². The van der Waals surface area contributed by atoms with Crippen LogP contribution in [0.2, 0.25) is 0 Å². The van der Waals surface area contributed by atoms with Gasteiger partial charge >= 0.3 is 0 Å². The van der Waals surface area contributed by atoms with E-state index >= 15 is 0 Å². The standard InChI is InChI=1S/C14H24N2/c1-4-12-7-5-6-8-13(12)14(9-10-15)16-11(2)3/h9-11,15-16H,4-8H2,1-3H3/b14-9-,15-10?. The van der Waals surface area contributed by atoms with Gasteiger partial charge < -0.3 is 10.7 Å². The Morgan fingerprint density at radius 2 is 2.06 bits per heavy atom. The molecule has 0 unspecified atom stereocenters. The molecule has 1 aliphatic carbocycles. The van der Waals surface area contributed by atoms with Crippen LogP contribution in [-0.4, -0.2) is 12.3 Å². The lowest BCUT2D eigenvalue weighted by atomic mass is 9.88. The minimum Gasteiger partial charge on any atom is -0.383 e. The van der Waals surface area contributed by atoms with E-state index < -0.39 is 0 Å². The van der Waals surface area contributed by atoms with Gasteiger partial charge in [0, 0.05) is 18.0 Å². The molecule has 0 saturated carbocycles. The maximum Gasteiger partial charge on any atom is 0.0389 e. The first-order valence-corrected chi connectivity index (χ1v) is 6.37. The molecule has 1 aliphatic rings. The van der Waals surface area contributed by atoms with Crippen molar-refractivity contribution >= 4 is 6.21 Å². The Labute approximate surface area is 99.3 Å². The average Bonchev–Trinajstić information content (AvgIpc) is 2.28. The number of hydrogen-bond acceptors (Lipinski definition) is 2. The predicted octanol–water partition coefficient (Wildman–Crippen LogP) is 3.80. The molecule has 90 valence electrons. The van der Waals surface area contributed by atoms with Gasteiger partial charge in [-0.15, -0.1) is 0 Å². The Morgan fingerprint density at radius 1 is 1.38 bits per heavy atom. The molecule has 0 aromatic rings. The van der Waals surface area contributed by atoms with Crippen molar-refractivity contribution in [1.82, 2.24) is 5.32 Å². The van der Waals surface area contributed by atoms with Crippen LogP contribution >= 0.6 is 0 Å². The summed E-state index contributed by atoms with van der Waals surface area (Å²) in [4.78, 5) is 0. The first-order chi connectivity index (χ1) is 7.69. The summed E-state index contributed by atoms with van der Waals surface area (Å²) in [7, 11) is 0. The second-order valence-electron chi connectivity index (χ2n) is 4.69. The van der Waals surface area contributed by atoms with E-state index in [4.69, 9.17) is 5.41 Å². The van der Waals surface area contributed by atoms with E-state index in [-0.39, 0.29) is 0 Å². The third-order valence-electron chi connectivity index (χ3n) is 3.03. The SMILES string of the molecule is CCC1=C(/C(=C/C=N)NC(C)C)CCCC1. The van der Waals surface area contributed by atoms with Crippen molar-refractivity contribution in [2.45, 2.75) is 58.9 Å². The van der Waals surface area contributed by atoms with Gasteiger partial charge in [0.05, 0.1) is 0 Å². The molecule has 0 saturated heterocycles. The Hall–Kier alpha value is -1.05. The van der Waals surface area contributed by atoms with Gasteiger partial charge in [0.15, 0.2) is 0 Å². The normalized spacial score (nSPS) is 17.9. The molecule has 0 radical (unpaired) electrons. The highest BCUT2D eigenvalue weighted by Crippen LogP contribution is 2.30. The van der Waals surface area contributed by atoms with Crippen LogP contribution in [0.15, 0.2) is 22.9 Å². The van der Waals surface area contributed by atoms with Crippen LogP contribution in [0.25, 0.3) is 0 Å². The minimum absolute atomic E-state index is 0.429. The first-order valence-electron chi connectivity index (χ1n) is 6.37. The fourth-order valence-corrected chi connectivity index (χ4v) is 2.31. The summed E-state index contributed by atoms with van der Waals surface area (Å²) in [5, 5.41) is 10.7. The molecular formula is C14H24N2. The molecule has 2 heteroatoms. The molecule has 0 fully saturated rings. The van der Waals surface area contributed by atoms with Crippen molar-refractivity contribution < 1.29 is 0 Å². The lowest BCUT2D eigenvalue weighted by Crippen LogP contribution is -2.24. The highest BCUT2D eigenvalue weighted by Gasteiger charge is 2.15. The zero-order chi connectivity index (χ0) is 12.0. The van der Waals surface area contributed by atoms with Gasteiger partial charge in [-0.05, 0) is 57.6 Å². The summed E-state index contributed by atoms with van der Waals surface area (Å²) in [6.45, 7) is 6.53. The zero-order valence-electron chi connectivity index (χ0n) is 10.8. The van der Waals surface area contributed by atoms with E-state index in [1.54, 1.807) is 5.57 Å². The van der Waals surface area contributed by atoms with Gasteiger partial charge in [-0.2, -0.15) is 0 Å². The molecule has 0 heterocycles. The topological polar surface area (TPSA) is 35.9 Å². The van der Waals surface area contributed by atoms with Gasteiger partial charge in [-0.3, -0.25) is 0 Å². The van der Waals surface area contributed by atoms with Gasteiger partial charge in [0.2, 0.25) is 0 Å². The number of rotatable bonds is 5. The fraction of sp³-hybridized carbons (Fsp3) is 0.643. The molecule has 1 rings (SSSR count). The maximum atomic E-state index is 7.25. The minimum atomic E-state index is 0.429. The third kappa shape index (κ3) is 3.51. The second kappa shape index (κ2) is 6.51. The van der Waals surface area contributed by atoms with Crippen molar-refractivity contribution in [3.63, 3.8) is 0 Å². The number of allylic oxidation sites excluding steroid dienone is 3. The molecule has 0 amide bonds. The van der Waals surface area contributed by atoms with Crippen molar-refractivity contribution in [1.29, 1.82) is 5.41 Å². The molecule has 0 aromatic heterocycles. The highest BCUT2D eigenvalue weighted by atomic mass is 14.9. The lowest BCUT2D eigenvalue weighted by Gasteiger charge is -2.24. The van der Waals surface area contributed by atoms with E-state index in [1.165, 1.54) is 43.2 Å². The number of hydrogen-bond donors (Lipinski definition) is 2. The number of nitrogens with one attached hydrogen (secondary N) is 2. The first kappa shape index (κ1) is 13.0. The van der Waals surface area contributed by atoms with Crippen molar-refractivity contribution in [2.75, 3.05) is 0 Å². The second-order valence-corrected chi connectivity index (χ2v) is 4.69. The monoisotopic (exact) mass is 220 g/mol. The Morgan fingerprint density at radius 3 is 2.62 bits per heavy atom. The Kier molecular flexibility index (Phi) is 5.30. The summed E-state index contributed by atoms with van der Waals surface area (Å²) in [6.07, 6.45) is 9.45. The molecule has 0 aromatic carbocycles. The Bertz CT molecular complexity index is 298. The van der Waals surface area contributed by atoms with E-state index in [2.05, 4.69) is 26.1 Å². The van der Waals surface area contributed by atoms with Gasteiger partial charge in [0.25, 0.3) is 0 Å². The molecule has 0 bridgehead atoms. The summed E-state index contributed by atoms with van der Waals surface area (Å²) < 4.78 is 0. The molecule has 0 aliphatic heterocycles. The zero-order valence-corrected chi connectivity index (χ0v) is 10.8. The van der Waals surface area contributed by atoms with Crippen LogP contribution in [0.5, 0.6) is 0 Å². The molecule has 2 N–H and O–H groups in total. The van der Waals surface area contributed by atoms with Crippen molar-refractivity contribution in [2.24, 2.45) is 0 Å². The van der Waals surface area contributed by atoms with Crippen LogP contribution in [0, 0.1) is 5.41 Å². The largest absolute Gasteiger partial charge is 0.383 e.